The van der Waals surface area contributed by atoms with E-state index in [1.165, 1.54) is 6.07 Å². The van der Waals surface area contributed by atoms with Gasteiger partial charge in [0.15, 0.2) is 9.84 Å². The Hall–Kier alpha value is -1.40. The second-order valence-corrected chi connectivity index (χ2v) is 7.26. The molecule has 1 atom stereocenters. The zero-order valence-electron chi connectivity index (χ0n) is 13.0. The summed E-state index contributed by atoms with van der Waals surface area (Å²) in [5.41, 5.74) is 5.84. The number of sulfone groups is 1. The molecule has 0 bridgehead atoms. The van der Waals surface area contributed by atoms with Gasteiger partial charge >= 0.3 is 0 Å². The summed E-state index contributed by atoms with van der Waals surface area (Å²) in [6.07, 6.45) is 0.994. The van der Waals surface area contributed by atoms with Crippen LogP contribution in [-0.2, 0) is 9.84 Å². The van der Waals surface area contributed by atoms with E-state index in [1.807, 2.05) is 6.92 Å². The Labute approximate surface area is 127 Å². The highest BCUT2D eigenvalue weighted by atomic mass is 32.2. The number of nitrogens with one attached hydrogen (secondary N) is 1. The van der Waals surface area contributed by atoms with E-state index in [4.69, 9.17) is 11.1 Å². The number of hydrogen-bond acceptors (Lipinski definition) is 4. The van der Waals surface area contributed by atoms with Crippen LogP contribution in [0.25, 0.3) is 0 Å². The van der Waals surface area contributed by atoms with Crippen molar-refractivity contribution in [2.24, 2.45) is 5.73 Å². The quantitative estimate of drug-likeness (QED) is 0.567. The topological polar surface area (TPSA) is 87.2 Å². The molecule has 3 N–H and O–H groups in total. The second-order valence-electron chi connectivity index (χ2n) is 5.15. The summed E-state index contributed by atoms with van der Waals surface area (Å²) in [5.74, 6) is -0.0474. The van der Waals surface area contributed by atoms with Gasteiger partial charge in [0.25, 0.3) is 0 Å². The van der Waals surface area contributed by atoms with Crippen molar-refractivity contribution in [2.45, 2.75) is 38.1 Å². The standard InChI is InChI=1S/C15H25N3O2S/c1-4-12(3)18(5-2)9-10-21(19,20)14-8-6-7-13(11-14)15(16)17/h6-8,11-12H,4-5,9-10H2,1-3H3,(H3,16,17). The van der Waals surface area contributed by atoms with E-state index in [0.29, 0.717) is 18.2 Å². The molecule has 1 aromatic rings. The summed E-state index contributed by atoms with van der Waals surface area (Å²) in [6, 6.07) is 6.65. The van der Waals surface area contributed by atoms with E-state index in [9.17, 15) is 8.42 Å². The first-order chi connectivity index (χ1) is 9.81. The van der Waals surface area contributed by atoms with E-state index >= 15 is 0 Å². The lowest BCUT2D eigenvalue weighted by Gasteiger charge is -2.26. The Kier molecular flexibility index (Phi) is 6.36. The van der Waals surface area contributed by atoms with Crippen molar-refractivity contribution in [3.63, 3.8) is 0 Å². The SMILES string of the molecule is CCC(C)N(CC)CCS(=O)(=O)c1cccc(C(=N)N)c1. The van der Waals surface area contributed by atoms with Gasteiger partial charge < -0.3 is 5.73 Å². The van der Waals surface area contributed by atoms with E-state index in [-0.39, 0.29) is 16.5 Å². The Morgan fingerprint density at radius 2 is 2.05 bits per heavy atom. The van der Waals surface area contributed by atoms with Crippen LogP contribution in [0.5, 0.6) is 0 Å². The molecule has 21 heavy (non-hydrogen) atoms. The van der Waals surface area contributed by atoms with Gasteiger partial charge in [-0.3, -0.25) is 10.3 Å². The first-order valence-corrected chi connectivity index (χ1v) is 8.88. The molecule has 0 aliphatic rings. The van der Waals surface area contributed by atoms with Gasteiger partial charge in [-0.15, -0.1) is 0 Å². The maximum atomic E-state index is 12.4. The van der Waals surface area contributed by atoms with Gasteiger partial charge in [-0.2, -0.15) is 0 Å². The molecule has 1 aromatic carbocycles. The number of nitrogen functional groups attached to an aromatic ring is 1. The average molecular weight is 311 g/mol. The number of benzene rings is 1. The summed E-state index contributed by atoms with van der Waals surface area (Å²) >= 11 is 0. The van der Waals surface area contributed by atoms with Crippen molar-refractivity contribution >= 4 is 15.7 Å². The predicted molar refractivity (Wildman–Crippen MR) is 86.5 cm³/mol. The van der Waals surface area contributed by atoms with Crippen molar-refractivity contribution in [3.8, 4) is 0 Å². The van der Waals surface area contributed by atoms with E-state index < -0.39 is 9.84 Å². The zero-order chi connectivity index (χ0) is 16.0. The van der Waals surface area contributed by atoms with Gasteiger partial charge in [0.05, 0.1) is 10.6 Å². The van der Waals surface area contributed by atoms with Crippen molar-refractivity contribution in [1.29, 1.82) is 5.41 Å². The zero-order valence-corrected chi connectivity index (χ0v) is 13.8. The molecule has 5 nitrogen and oxygen atoms in total. The van der Waals surface area contributed by atoms with Crippen LogP contribution in [0.15, 0.2) is 29.2 Å². The molecule has 0 aromatic heterocycles. The minimum absolute atomic E-state index is 0.0759. The van der Waals surface area contributed by atoms with Crippen molar-refractivity contribution in [1.82, 2.24) is 4.90 Å². The minimum atomic E-state index is -3.36. The summed E-state index contributed by atoms with van der Waals surface area (Å²) in [6.45, 7) is 7.58. The lowest BCUT2D eigenvalue weighted by Crippen LogP contribution is -2.36. The molecule has 0 saturated heterocycles. The van der Waals surface area contributed by atoms with Gasteiger partial charge in [-0.25, -0.2) is 8.42 Å². The molecule has 0 saturated carbocycles. The molecule has 6 heteroatoms. The van der Waals surface area contributed by atoms with Crippen LogP contribution in [0, 0.1) is 5.41 Å². The van der Waals surface area contributed by atoms with Crippen molar-refractivity contribution in [2.75, 3.05) is 18.8 Å². The van der Waals surface area contributed by atoms with Gasteiger partial charge in [0.1, 0.15) is 5.84 Å². The van der Waals surface area contributed by atoms with Gasteiger partial charge in [-0.05, 0) is 32.0 Å². The molecule has 1 unspecified atom stereocenters. The summed E-state index contributed by atoms with van der Waals surface area (Å²) in [4.78, 5) is 2.39. The molecular weight excluding hydrogens is 286 g/mol. The smallest absolute Gasteiger partial charge is 0.179 e. The van der Waals surface area contributed by atoms with Crippen molar-refractivity contribution < 1.29 is 8.42 Å². The Morgan fingerprint density at radius 3 is 2.57 bits per heavy atom. The normalized spacial score (nSPS) is 13.3. The third kappa shape index (κ3) is 4.82. The van der Waals surface area contributed by atoms with Gasteiger partial charge in [-0.1, -0.05) is 26.0 Å². The van der Waals surface area contributed by atoms with Crippen LogP contribution in [-0.4, -0.2) is 44.0 Å². The average Bonchev–Trinajstić information content (AvgIpc) is 2.47. The number of nitrogens with zero attached hydrogens (tertiary/aromatic N) is 1. The highest BCUT2D eigenvalue weighted by Gasteiger charge is 2.18. The Bertz CT molecular complexity index is 584. The van der Waals surface area contributed by atoms with E-state index in [1.54, 1.807) is 18.2 Å². The fourth-order valence-corrected chi connectivity index (χ4v) is 3.46. The predicted octanol–water partition coefficient (Wildman–Crippen LogP) is 1.86. The van der Waals surface area contributed by atoms with E-state index in [0.717, 1.165) is 13.0 Å². The molecule has 118 valence electrons. The molecule has 0 fully saturated rings. The number of hydrogen-bond donors (Lipinski definition) is 2. The monoisotopic (exact) mass is 311 g/mol. The third-order valence-electron chi connectivity index (χ3n) is 3.77. The number of rotatable bonds is 8. The first kappa shape index (κ1) is 17.7. The summed E-state index contributed by atoms with van der Waals surface area (Å²) < 4.78 is 24.8. The summed E-state index contributed by atoms with van der Waals surface area (Å²) in [7, 11) is -3.36. The molecule has 0 spiro atoms. The maximum Gasteiger partial charge on any atom is 0.179 e. The van der Waals surface area contributed by atoms with Crippen LogP contribution < -0.4 is 5.73 Å². The largest absolute Gasteiger partial charge is 0.384 e. The van der Waals surface area contributed by atoms with E-state index in [2.05, 4.69) is 18.7 Å². The minimum Gasteiger partial charge on any atom is -0.384 e. The third-order valence-corrected chi connectivity index (χ3v) is 5.46. The lowest BCUT2D eigenvalue weighted by molar-refractivity contribution is 0.227. The van der Waals surface area contributed by atoms with Gasteiger partial charge in [0.2, 0.25) is 0 Å². The van der Waals surface area contributed by atoms with Gasteiger partial charge in [0, 0.05) is 18.2 Å². The second kappa shape index (κ2) is 7.56. The first-order valence-electron chi connectivity index (χ1n) is 7.23. The number of amidine groups is 1. The molecule has 1 rings (SSSR count). The van der Waals surface area contributed by atoms with Crippen LogP contribution in [0.3, 0.4) is 0 Å². The van der Waals surface area contributed by atoms with Crippen LogP contribution in [0.2, 0.25) is 0 Å². The van der Waals surface area contributed by atoms with Crippen molar-refractivity contribution in [3.05, 3.63) is 29.8 Å². The maximum absolute atomic E-state index is 12.4. The Balaban J connectivity index is 2.87. The molecule has 0 amide bonds. The number of nitrogens with two attached hydrogens (primary N) is 1. The van der Waals surface area contributed by atoms with Crippen LogP contribution >= 0.6 is 0 Å². The molecule has 0 heterocycles. The highest BCUT2D eigenvalue weighted by molar-refractivity contribution is 7.91. The fourth-order valence-electron chi connectivity index (χ4n) is 2.16. The molecule has 0 radical (unpaired) electrons. The molecule has 0 aliphatic carbocycles. The van der Waals surface area contributed by atoms with Crippen LogP contribution in [0.4, 0.5) is 0 Å². The van der Waals surface area contributed by atoms with Crippen LogP contribution in [0.1, 0.15) is 32.8 Å². The summed E-state index contributed by atoms with van der Waals surface area (Å²) in [5, 5.41) is 7.39. The Morgan fingerprint density at radius 1 is 1.38 bits per heavy atom. The highest BCUT2D eigenvalue weighted by Crippen LogP contribution is 2.14. The fraction of sp³-hybridized carbons (Fsp3) is 0.533. The molecular formula is C15H25N3O2S. The lowest BCUT2D eigenvalue weighted by atomic mass is 10.2. The molecule has 0 aliphatic heterocycles.